The van der Waals surface area contributed by atoms with E-state index in [9.17, 15) is 14.4 Å². The van der Waals surface area contributed by atoms with Crippen molar-refractivity contribution in [3.05, 3.63) is 60.2 Å². The number of para-hydroxylation sites is 1. The number of esters is 1. The van der Waals surface area contributed by atoms with Gasteiger partial charge in [0.15, 0.2) is 12.7 Å². The van der Waals surface area contributed by atoms with Crippen LogP contribution in [0.5, 0.6) is 5.75 Å². The summed E-state index contributed by atoms with van der Waals surface area (Å²) < 4.78 is 10.6. The summed E-state index contributed by atoms with van der Waals surface area (Å²) in [5, 5.41) is 14.1. The lowest BCUT2D eigenvalue weighted by molar-refractivity contribution is -0.157. The zero-order valence-corrected chi connectivity index (χ0v) is 17.6. The van der Waals surface area contributed by atoms with E-state index in [1.165, 1.54) is 13.0 Å². The van der Waals surface area contributed by atoms with Crippen LogP contribution in [-0.4, -0.2) is 36.5 Å². The maximum absolute atomic E-state index is 12.6. The van der Waals surface area contributed by atoms with Gasteiger partial charge in [0, 0.05) is 5.69 Å². The number of rotatable bonds is 9. The van der Waals surface area contributed by atoms with Gasteiger partial charge in [-0.15, -0.1) is 0 Å². The Morgan fingerprint density at radius 2 is 1.74 bits per heavy atom. The van der Waals surface area contributed by atoms with Crippen LogP contribution in [0.3, 0.4) is 0 Å². The third-order valence-corrected chi connectivity index (χ3v) is 4.27. The minimum atomic E-state index is -1.10. The highest BCUT2D eigenvalue weighted by atomic mass is 16.5. The molecule has 0 unspecified atom stereocenters. The molecule has 0 radical (unpaired) electrons. The van der Waals surface area contributed by atoms with Crippen LogP contribution in [0, 0.1) is 17.2 Å². The van der Waals surface area contributed by atoms with Crippen LogP contribution in [0.1, 0.15) is 26.3 Å². The van der Waals surface area contributed by atoms with Crippen LogP contribution >= 0.6 is 0 Å². The average molecular weight is 423 g/mol. The number of nitriles is 1. The van der Waals surface area contributed by atoms with Crippen molar-refractivity contribution in [1.29, 1.82) is 5.26 Å². The molecule has 0 heterocycles. The summed E-state index contributed by atoms with van der Waals surface area (Å²) in [5.41, 5.74) is 0.807. The van der Waals surface area contributed by atoms with Crippen molar-refractivity contribution in [2.45, 2.75) is 32.9 Å². The zero-order chi connectivity index (χ0) is 22.8. The Morgan fingerprint density at radius 3 is 2.39 bits per heavy atom. The molecule has 2 aromatic carbocycles. The Morgan fingerprint density at radius 1 is 1.03 bits per heavy atom. The fraction of sp³-hybridized carbons (Fsp3) is 0.304. The van der Waals surface area contributed by atoms with Crippen LogP contribution in [-0.2, 0) is 19.1 Å². The third-order valence-electron chi connectivity index (χ3n) is 4.27. The summed E-state index contributed by atoms with van der Waals surface area (Å²) in [4.78, 5) is 37.1. The van der Waals surface area contributed by atoms with Crippen LogP contribution in [0.2, 0.25) is 0 Å². The molecule has 8 nitrogen and oxygen atoms in total. The Labute approximate surface area is 181 Å². The molecule has 0 saturated heterocycles. The monoisotopic (exact) mass is 423 g/mol. The van der Waals surface area contributed by atoms with Crippen LogP contribution < -0.4 is 15.4 Å². The highest BCUT2D eigenvalue weighted by Gasteiger charge is 2.29. The lowest BCUT2D eigenvalue weighted by Crippen LogP contribution is -2.48. The number of anilines is 1. The molecule has 2 rings (SSSR count). The number of nitrogens with zero attached hydrogens (tertiary/aromatic N) is 1. The standard InChI is InChI=1S/C23H25N3O5/c1-15(2)21(26-20(27)14-30-19-10-5-4-6-11-19)23(29)31-16(3)22(28)25-18-9-7-8-17(12-18)13-24/h4-12,15-16,21H,14H2,1-3H3,(H,25,28)(H,26,27)/t16-,21+/m1/s1. The van der Waals surface area contributed by atoms with E-state index in [1.54, 1.807) is 56.3 Å². The van der Waals surface area contributed by atoms with E-state index in [-0.39, 0.29) is 12.5 Å². The van der Waals surface area contributed by atoms with Gasteiger partial charge >= 0.3 is 5.97 Å². The van der Waals surface area contributed by atoms with E-state index in [2.05, 4.69) is 10.6 Å². The zero-order valence-electron chi connectivity index (χ0n) is 17.6. The maximum atomic E-state index is 12.6. The fourth-order valence-corrected chi connectivity index (χ4v) is 2.59. The molecule has 2 amide bonds. The quantitative estimate of drug-likeness (QED) is 0.599. The molecular weight excluding hydrogens is 398 g/mol. The van der Waals surface area contributed by atoms with E-state index < -0.39 is 29.9 Å². The number of hydrogen-bond donors (Lipinski definition) is 2. The normalized spacial score (nSPS) is 12.2. The van der Waals surface area contributed by atoms with E-state index in [0.29, 0.717) is 17.0 Å². The first-order valence-corrected chi connectivity index (χ1v) is 9.79. The summed E-state index contributed by atoms with van der Waals surface area (Å²) in [5.74, 6) is -1.49. The van der Waals surface area contributed by atoms with Gasteiger partial charge in [-0.1, -0.05) is 38.1 Å². The smallest absolute Gasteiger partial charge is 0.329 e. The number of carbonyl (C=O) groups is 3. The molecule has 2 aromatic rings. The number of benzene rings is 2. The van der Waals surface area contributed by atoms with Crippen molar-refractivity contribution in [3.8, 4) is 11.8 Å². The van der Waals surface area contributed by atoms with Gasteiger partial charge in [-0.05, 0) is 43.2 Å². The minimum Gasteiger partial charge on any atom is -0.484 e. The van der Waals surface area contributed by atoms with Crippen molar-refractivity contribution in [3.63, 3.8) is 0 Å². The third kappa shape index (κ3) is 7.48. The molecule has 2 N–H and O–H groups in total. The first kappa shape index (κ1) is 23.4. The molecule has 8 heteroatoms. The predicted molar refractivity (Wildman–Crippen MR) is 114 cm³/mol. The molecule has 0 fully saturated rings. The molecule has 162 valence electrons. The Kier molecular flexibility index (Phi) is 8.58. The van der Waals surface area contributed by atoms with Crippen molar-refractivity contribution in [2.24, 2.45) is 5.92 Å². The van der Waals surface area contributed by atoms with E-state index in [1.807, 2.05) is 12.1 Å². The van der Waals surface area contributed by atoms with Crippen LogP contribution in [0.15, 0.2) is 54.6 Å². The van der Waals surface area contributed by atoms with Crippen molar-refractivity contribution < 1.29 is 23.9 Å². The lowest BCUT2D eigenvalue weighted by atomic mass is 10.0. The molecule has 31 heavy (non-hydrogen) atoms. The van der Waals surface area contributed by atoms with Gasteiger partial charge in [-0.2, -0.15) is 5.26 Å². The van der Waals surface area contributed by atoms with Gasteiger partial charge in [-0.25, -0.2) is 4.79 Å². The largest absolute Gasteiger partial charge is 0.484 e. The topological polar surface area (TPSA) is 118 Å². The summed E-state index contributed by atoms with van der Waals surface area (Å²) in [6, 6.07) is 16.2. The van der Waals surface area contributed by atoms with Crippen molar-refractivity contribution in [1.82, 2.24) is 5.32 Å². The molecule has 0 saturated carbocycles. The molecule has 0 aromatic heterocycles. The second kappa shape index (κ2) is 11.4. The summed E-state index contributed by atoms with van der Waals surface area (Å²) in [7, 11) is 0. The molecule has 2 atom stereocenters. The van der Waals surface area contributed by atoms with Crippen molar-refractivity contribution in [2.75, 3.05) is 11.9 Å². The molecule has 0 aliphatic carbocycles. The Hall–Kier alpha value is -3.86. The van der Waals surface area contributed by atoms with Gasteiger partial charge < -0.3 is 20.1 Å². The number of nitrogens with one attached hydrogen (secondary N) is 2. The van der Waals surface area contributed by atoms with Crippen LogP contribution in [0.4, 0.5) is 5.69 Å². The number of amides is 2. The first-order chi connectivity index (χ1) is 14.8. The average Bonchev–Trinajstić information content (AvgIpc) is 2.76. The summed E-state index contributed by atoms with van der Waals surface area (Å²) in [6.07, 6.45) is -1.10. The lowest BCUT2D eigenvalue weighted by Gasteiger charge is -2.23. The van der Waals surface area contributed by atoms with Gasteiger partial charge in [0.05, 0.1) is 11.6 Å². The van der Waals surface area contributed by atoms with E-state index in [4.69, 9.17) is 14.7 Å². The van der Waals surface area contributed by atoms with Crippen molar-refractivity contribution >= 4 is 23.5 Å². The van der Waals surface area contributed by atoms with E-state index in [0.717, 1.165) is 0 Å². The SMILES string of the molecule is CC(C)[C@H](NC(=O)COc1ccccc1)C(=O)O[C@H](C)C(=O)Nc1cccc(C#N)c1. The molecule has 0 spiro atoms. The van der Waals surface area contributed by atoms with Gasteiger partial charge in [0.2, 0.25) is 0 Å². The number of hydrogen-bond acceptors (Lipinski definition) is 6. The second-order valence-electron chi connectivity index (χ2n) is 7.15. The predicted octanol–water partition coefficient (Wildman–Crippen LogP) is 2.65. The highest BCUT2D eigenvalue weighted by Crippen LogP contribution is 2.12. The number of ether oxygens (including phenoxy) is 2. The van der Waals surface area contributed by atoms with Gasteiger partial charge in [0.25, 0.3) is 11.8 Å². The molecule has 0 aliphatic heterocycles. The number of carbonyl (C=O) groups excluding carboxylic acids is 3. The van der Waals surface area contributed by atoms with Gasteiger partial charge in [0.1, 0.15) is 11.8 Å². The van der Waals surface area contributed by atoms with Crippen LogP contribution in [0.25, 0.3) is 0 Å². The highest BCUT2D eigenvalue weighted by molar-refractivity contribution is 5.96. The molecule has 0 bridgehead atoms. The Bertz CT molecular complexity index is 953. The van der Waals surface area contributed by atoms with E-state index >= 15 is 0 Å². The summed E-state index contributed by atoms with van der Waals surface area (Å²) >= 11 is 0. The maximum Gasteiger partial charge on any atom is 0.329 e. The molecule has 0 aliphatic rings. The molecular formula is C23H25N3O5. The van der Waals surface area contributed by atoms with Gasteiger partial charge in [-0.3, -0.25) is 9.59 Å². The first-order valence-electron chi connectivity index (χ1n) is 9.79. The minimum absolute atomic E-state index is 0.258. The fourth-order valence-electron chi connectivity index (χ4n) is 2.59. The Balaban J connectivity index is 1.90. The second-order valence-corrected chi connectivity index (χ2v) is 7.15. The summed E-state index contributed by atoms with van der Waals surface area (Å²) in [6.45, 7) is 4.68.